The molecule has 1 aliphatic heterocycles. The Kier molecular flexibility index (Phi) is 4.99. The molecule has 21 heavy (non-hydrogen) atoms. The molecule has 4 nitrogen and oxygen atoms in total. The number of rotatable bonds is 2. The van der Waals surface area contributed by atoms with E-state index in [0.29, 0.717) is 6.54 Å². The van der Waals surface area contributed by atoms with Gasteiger partial charge in [0.2, 0.25) is 0 Å². The van der Waals surface area contributed by atoms with Gasteiger partial charge in [-0.05, 0) is 56.7 Å². The van der Waals surface area contributed by atoms with Crippen molar-refractivity contribution in [1.29, 1.82) is 0 Å². The van der Waals surface area contributed by atoms with E-state index in [9.17, 15) is 9.59 Å². The minimum absolute atomic E-state index is 0.204. The van der Waals surface area contributed by atoms with Crippen LogP contribution < -0.4 is 5.32 Å². The third-order valence-corrected chi connectivity index (χ3v) is 4.41. The first kappa shape index (κ1) is 15.5. The molecule has 0 radical (unpaired) electrons. The number of nitrogens with one attached hydrogen (secondary N) is 1. The topological polar surface area (TPSA) is 49.4 Å². The Bertz CT molecular complexity index is 540. The Morgan fingerprint density at radius 3 is 2.76 bits per heavy atom. The normalized spacial score (nSPS) is 18.4. The van der Waals surface area contributed by atoms with Crippen molar-refractivity contribution in [3.05, 3.63) is 29.3 Å². The Hall–Kier alpha value is -1.84. The van der Waals surface area contributed by atoms with Gasteiger partial charge in [-0.25, -0.2) is 0 Å². The second-order valence-corrected chi connectivity index (χ2v) is 5.76. The number of hydrogen-bond donors (Lipinski definition) is 1. The maximum atomic E-state index is 12.4. The number of likely N-dealkylation sites (tertiary alicyclic amines) is 1. The summed E-state index contributed by atoms with van der Waals surface area (Å²) in [6.07, 6.45) is 4.03. The summed E-state index contributed by atoms with van der Waals surface area (Å²) in [6.45, 7) is 6.70. The summed E-state index contributed by atoms with van der Waals surface area (Å²) in [5.41, 5.74) is 2.83. The molecule has 1 heterocycles. The maximum absolute atomic E-state index is 12.4. The van der Waals surface area contributed by atoms with Crippen LogP contribution >= 0.6 is 0 Å². The Balaban J connectivity index is 2.08. The Morgan fingerprint density at radius 2 is 2.05 bits per heavy atom. The first-order valence-electron chi connectivity index (χ1n) is 7.72. The highest BCUT2D eigenvalue weighted by Gasteiger charge is 2.29. The largest absolute Gasteiger partial charge is 0.331 e. The molecule has 0 aliphatic carbocycles. The van der Waals surface area contributed by atoms with Crippen molar-refractivity contribution in [3.63, 3.8) is 0 Å². The molecule has 1 N–H and O–H groups in total. The summed E-state index contributed by atoms with van der Waals surface area (Å²) in [7, 11) is 0. The number of hydrogen-bond acceptors (Lipinski definition) is 2. The van der Waals surface area contributed by atoms with Crippen LogP contribution in [0.5, 0.6) is 0 Å². The molecule has 0 spiro atoms. The first-order chi connectivity index (χ1) is 10.0. The fraction of sp³-hybridized carbons (Fsp3) is 0.529. The number of amides is 2. The second-order valence-electron chi connectivity index (χ2n) is 5.76. The molecule has 1 unspecified atom stereocenters. The lowest BCUT2D eigenvalue weighted by molar-refractivity contribution is -0.145. The smallest absolute Gasteiger partial charge is 0.313 e. The average Bonchev–Trinajstić information content (AvgIpc) is 2.51. The Labute approximate surface area is 126 Å². The van der Waals surface area contributed by atoms with E-state index in [1.807, 2.05) is 32.0 Å². The molecule has 0 saturated carbocycles. The number of aryl methyl sites for hydroxylation is 1. The molecule has 1 aromatic rings. The predicted molar refractivity (Wildman–Crippen MR) is 84.2 cm³/mol. The van der Waals surface area contributed by atoms with E-state index in [-0.39, 0.29) is 6.04 Å². The molecule has 0 aromatic heterocycles. The van der Waals surface area contributed by atoms with E-state index in [2.05, 4.69) is 12.2 Å². The fourth-order valence-electron chi connectivity index (χ4n) is 2.89. The van der Waals surface area contributed by atoms with Crippen LogP contribution in [0.25, 0.3) is 0 Å². The summed E-state index contributed by atoms with van der Waals surface area (Å²) in [6, 6.07) is 5.92. The average molecular weight is 288 g/mol. The SMILES string of the molecule is CCC1CCCCN1C(=O)C(=O)Nc1cccc(C)c1C. The molecule has 1 fully saturated rings. The summed E-state index contributed by atoms with van der Waals surface area (Å²) in [5, 5.41) is 2.76. The van der Waals surface area contributed by atoms with Gasteiger partial charge in [0.25, 0.3) is 0 Å². The van der Waals surface area contributed by atoms with Crippen LogP contribution in [0.15, 0.2) is 18.2 Å². The van der Waals surface area contributed by atoms with Crippen LogP contribution in [0.4, 0.5) is 5.69 Å². The lowest BCUT2D eigenvalue weighted by Gasteiger charge is -2.34. The molecular weight excluding hydrogens is 264 g/mol. The third-order valence-electron chi connectivity index (χ3n) is 4.41. The predicted octanol–water partition coefficient (Wildman–Crippen LogP) is 3.03. The quantitative estimate of drug-likeness (QED) is 0.850. The number of nitrogens with zero attached hydrogens (tertiary/aromatic N) is 1. The number of piperidine rings is 1. The molecule has 2 rings (SSSR count). The van der Waals surface area contributed by atoms with E-state index in [4.69, 9.17) is 0 Å². The monoisotopic (exact) mass is 288 g/mol. The fourth-order valence-corrected chi connectivity index (χ4v) is 2.89. The zero-order chi connectivity index (χ0) is 15.4. The van der Waals surface area contributed by atoms with Gasteiger partial charge < -0.3 is 10.2 Å². The number of carbonyl (C=O) groups excluding carboxylic acids is 2. The van der Waals surface area contributed by atoms with Crippen molar-refractivity contribution < 1.29 is 9.59 Å². The minimum atomic E-state index is -0.524. The number of anilines is 1. The molecule has 1 aliphatic rings. The summed E-state index contributed by atoms with van der Waals surface area (Å²) < 4.78 is 0. The summed E-state index contributed by atoms with van der Waals surface area (Å²) in [4.78, 5) is 26.4. The van der Waals surface area contributed by atoms with Crippen molar-refractivity contribution in [2.24, 2.45) is 0 Å². The van der Waals surface area contributed by atoms with Gasteiger partial charge in [0.1, 0.15) is 0 Å². The molecule has 1 aromatic carbocycles. The van der Waals surface area contributed by atoms with Crippen molar-refractivity contribution in [3.8, 4) is 0 Å². The maximum Gasteiger partial charge on any atom is 0.313 e. The third kappa shape index (κ3) is 3.43. The van der Waals surface area contributed by atoms with Crippen LogP contribution in [0.1, 0.15) is 43.7 Å². The van der Waals surface area contributed by atoms with Crippen LogP contribution in [-0.4, -0.2) is 29.3 Å². The second kappa shape index (κ2) is 6.74. The molecule has 114 valence electrons. The van der Waals surface area contributed by atoms with Gasteiger partial charge in [-0.2, -0.15) is 0 Å². The summed E-state index contributed by atoms with van der Waals surface area (Å²) in [5.74, 6) is -0.925. The van der Waals surface area contributed by atoms with Gasteiger partial charge >= 0.3 is 11.8 Å². The van der Waals surface area contributed by atoms with Gasteiger partial charge in [0, 0.05) is 18.3 Å². The number of carbonyl (C=O) groups is 2. The van der Waals surface area contributed by atoms with Crippen molar-refractivity contribution >= 4 is 17.5 Å². The molecule has 2 amide bonds. The van der Waals surface area contributed by atoms with Gasteiger partial charge in [-0.3, -0.25) is 9.59 Å². The van der Waals surface area contributed by atoms with E-state index >= 15 is 0 Å². The van der Waals surface area contributed by atoms with Gasteiger partial charge in [0.05, 0.1) is 0 Å². The van der Waals surface area contributed by atoms with Crippen molar-refractivity contribution in [2.75, 3.05) is 11.9 Å². The Morgan fingerprint density at radius 1 is 1.29 bits per heavy atom. The zero-order valence-electron chi connectivity index (χ0n) is 13.1. The van der Waals surface area contributed by atoms with E-state index in [0.717, 1.165) is 42.5 Å². The molecule has 1 atom stereocenters. The molecule has 4 heteroatoms. The van der Waals surface area contributed by atoms with Gasteiger partial charge in [-0.1, -0.05) is 19.1 Å². The standard InChI is InChI=1S/C17H24N2O2/c1-4-14-9-5-6-11-19(14)17(21)16(20)18-15-10-7-8-12(2)13(15)3/h7-8,10,14H,4-6,9,11H2,1-3H3,(H,18,20). The lowest BCUT2D eigenvalue weighted by Crippen LogP contribution is -2.48. The van der Waals surface area contributed by atoms with Gasteiger partial charge in [-0.15, -0.1) is 0 Å². The molecular formula is C17H24N2O2. The molecule has 0 bridgehead atoms. The zero-order valence-corrected chi connectivity index (χ0v) is 13.1. The van der Waals surface area contributed by atoms with Crippen LogP contribution in [0.2, 0.25) is 0 Å². The highest BCUT2D eigenvalue weighted by molar-refractivity contribution is 6.39. The van der Waals surface area contributed by atoms with Crippen LogP contribution in [-0.2, 0) is 9.59 Å². The minimum Gasteiger partial charge on any atom is -0.331 e. The van der Waals surface area contributed by atoms with E-state index in [1.165, 1.54) is 0 Å². The van der Waals surface area contributed by atoms with Crippen LogP contribution in [0.3, 0.4) is 0 Å². The van der Waals surface area contributed by atoms with E-state index in [1.54, 1.807) is 4.90 Å². The highest BCUT2D eigenvalue weighted by Crippen LogP contribution is 2.21. The summed E-state index contributed by atoms with van der Waals surface area (Å²) >= 11 is 0. The van der Waals surface area contributed by atoms with E-state index < -0.39 is 11.8 Å². The first-order valence-corrected chi connectivity index (χ1v) is 7.72. The molecule has 1 saturated heterocycles. The number of benzene rings is 1. The lowest BCUT2D eigenvalue weighted by atomic mass is 10.00. The van der Waals surface area contributed by atoms with Crippen molar-refractivity contribution in [1.82, 2.24) is 4.90 Å². The van der Waals surface area contributed by atoms with Gasteiger partial charge in [0.15, 0.2) is 0 Å². The van der Waals surface area contributed by atoms with Crippen LogP contribution in [0, 0.1) is 13.8 Å². The van der Waals surface area contributed by atoms with Crippen molar-refractivity contribution in [2.45, 2.75) is 52.5 Å². The highest BCUT2D eigenvalue weighted by atomic mass is 16.2.